The van der Waals surface area contributed by atoms with Gasteiger partial charge in [-0.05, 0) is 36.4 Å². The first-order valence-corrected chi connectivity index (χ1v) is 5.87. The molecule has 5 heteroatoms. The molecule has 3 nitrogen and oxygen atoms in total. The quantitative estimate of drug-likeness (QED) is 0.809. The Kier molecular flexibility index (Phi) is 3.61. The lowest BCUT2D eigenvalue weighted by Crippen LogP contribution is -1.96. The van der Waals surface area contributed by atoms with Crippen LogP contribution < -0.4 is 11.1 Å². The minimum absolute atomic E-state index is 0.416. The highest BCUT2D eigenvalue weighted by Crippen LogP contribution is 2.32. The van der Waals surface area contributed by atoms with Gasteiger partial charge in [-0.25, -0.2) is 0 Å². The number of nitrogens with zero attached hydrogens (tertiary/aromatic N) is 1. The summed E-state index contributed by atoms with van der Waals surface area (Å²) >= 11 is 11.8. The monoisotopic (exact) mass is 277 g/mol. The number of nitrogens with two attached hydrogens (primary N) is 1. The third-order valence-corrected chi connectivity index (χ3v) is 3.11. The molecule has 0 aromatic heterocycles. The Balaban J connectivity index is 2.28. The Hall–Kier alpha value is -1.89. The zero-order valence-electron chi connectivity index (χ0n) is 9.24. The van der Waals surface area contributed by atoms with E-state index in [1.165, 1.54) is 0 Å². The number of hydrogen-bond donors (Lipinski definition) is 2. The van der Waals surface area contributed by atoms with Gasteiger partial charge in [-0.3, -0.25) is 0 Å². The first-order chi connectivity index (χ1) is 8.60. The van der Waals surface area contributed by atoms with Crippen molar-refractivity contribution in [3.05, 3.63) is 52.0 Å². The topological polar surface area (TPSA) is 61.8 Å². The van der Waals surface area contributed by atoms with Gasteiger partial charge in [-0.2, -0.15) is 5.26 Å². The number of benzene rings is 2. The summed E-state index contributed by atoms with van der Waals surface area (Å²) in [5.74, 6) is 0. The minimum Gasteiger partial charge on any atom is -0.397 e. The van der Waals surface area contributed by atoms with Crippen molar-refractivity contribution in [2.75, 3.05) is 11.1 Å². The van der Waals surface area contributed by atoms with Crippen LogP contribution in [-0.2, 0) is 0 Å². The van der Waals surface area contributed by atoms with E-state index in [1.54, 1.807) is 36.4 Å². The van der Waals surface area contributed by atoms with Gasteiger partial charge in [0.05, 0.1) is 33.1 Å². The van der Waals surface area contributed by atoms with E-state index in [0.29, 0.717) is 27.0 Å². The highest BCUT2D eigenvalue weighted by Gasteiger charge is 2.05. The average molecular weight is 278 g/mol. The van der Waals surface area contributed by atoms with Gasteiger partial charge < -0.3 is 11.1 Å². The Morgan fingerprint density at radius 2 is 1.67 bits per heavy atom. The Labute approximate surface area is 115 Å². The second-order valence-electron chi connectivity index (χ2n) is 3.67. The van der Waals surface area contributed by atoms with Crippen LogP contribution in [0.3, 0.4) is 0 Å². The van der Waals surface area contributed by atoms with Crippen LogP contribution in [0.25, 0.3) is 0 Å². The van der Waals surface area contributed by atoms with E-state index in [4.69, 9.17) is 34.2 Å². The predicted octanol–water partition coefficient (Wildman–Crippen LogP) is 4.19. The summed E-state index contributed by atoms with van der Waals surface area (Å²) in [6.45, 7) is 0. The van der Waals surface area contributed by atoms with Gasteiger partial charge in [0.15, 0.2) is 0 Å². The lowest BCUT2D eigenvalue weighted by molar-refractivity contribution is 1.47. The van der Waals surface area contributed by atoms with Crippen molar-refractivity contribution in [2.45, 2.75) is 0 Å². The van der Waals surface area contributed by atoms with Gasteiger partial charge in [0.25, 0.3) is 0 Å². The van der Waals surface area contributed by atoms with Crippen LogP contribution in [0.15, 0.2) is 36.4 Å². The van der Waals surface area contributed by atoms with Gasteiger partial charge in [-0.15, -0.1) is 0 Å². The summed E-state index contributed by atoms with van der Waals surface area (Å²) in [5.41, 5.74) is 8.44. The molecule has 2 aromatic rings. The molecule has 0 atom stereocenters. The Morgan fingerprint density at radius 1 is 1.06 bits per heavy atom. The van der Waals surface area contributed by atoms with Gasteiger partial charge in [0.2, 0.25) is 0 Å². The number of rotatable bonds is 2. The summed E-state index contributed by atoms with van der Waals surface area (Å²) in [6, 6.07) is 12.3. The zero-order chi connectivity index (χ0) is 13.1. The maximum atomic E-state index is 8.71. The second-order valence-corrected chi connectivity index (χ2v) is 4.48. The molecule has 0 fully saturated rings. The van der Waals surface area contributed by atoms with Gasteiger partial charge in [0, 0.05) is 5.69 Å². The van der Waals surface area contributed by atoms with E-state index in [1.807, 2.05) is 0 Å². The average Bonchev–Trinajstić information content (AvgIpc) is 2.37. The first kappa shape index (κ1) is 12.6. The molecule has 0 aliphatic heterocycles. The van der Waals surface area contributed by atoms with Crippen LogP contribution in [0.4, 0.5) is 17.1 Å². The fraction of sp³-hybridized carbons (Fsp3) is 0. The molecule has 0 amide bonds. The zero-order valence-corrected chi connectivity index (χ0v) is 10.8. The molecular formula is C13H9Cl2N3. The van der Waals surface area contributed by atoms with Crippen LogP contribution in [0.2, 0.25) is 10.0 Å². The molecular weight excluding hydrogens is 269 g/mol. The molecule has 0 aliphatic rings. The summed E-state index contributed by atoms with van der Waals surface area (Å²) in [5, 5.41) is 12.7. The van der Waals surface area contributed by atoms with Crippen molar-refractivity contribution in [3.8, 4) is 6.07 Å². The molecule has 90 valence electrons. The van der Waals surface area contributed by atoms with E-state index in [9.17, 15) is 0 Å². The molecule has 0 spiro atoms. The van der Waals surface area contributed by atoms with E-state index in [2.05, 4.69) is 11.4 Å². The lowest BCUT2D eigenvalue weighted by atomic mass is 10.2. The highest BCUT2D eigenvalue weighted by molar-refractivity contribution is 6.42. The third-order valence-electron chi connectivity index (χ3n) is 2.39. The molecule has 18 heavy (non-hydrogen) atoms. The van der Waals surface area contributed by atoms with E-state index < -0.39 is 0 Å². The number of anilines is 3. The Bertz CT molecular complexity index is 615. The van der Waals surface area contributed by atoms with Crippen molar-refractivity contribution >= 4 is 40.3 Å². The Morgan fingerprint density at radius 3 is 2.28 bits per heavy atom. The molecule has 0 radical (unpaired) electrons. The van der Waals surface area contributed by atoms with Crippen LogP contribution >= 0.6 is 23.2 Å². The number of nitriles is 1. The SMILES string of the molecule is N#Cc1ccc(Nc2cc(Cl)c(Cl)cc2N)cc1. The molecule has 0 saturated carbocycles. The summed E-state index contributed by atoms with van der Waals surface area (Å²) < 4.78 is 0. The molecule has 3 N–H and O–H groups in total. The van der Waals surface area contributed by atoms with Crippen molar-refractivity contribution in [3.63, 3.8) is 0 Å². The van der Waals surface area contributed by atoms with E-state index >= 15 is 0 Å². The molecule has 0 heterocycles. The summed E-state index contributed by atoms with van der Waals surface area (Å²) in [6.07, 6.45) is 0. The first-order valence-electron chi connectivity index (χ1n) is 5.12. The number of nitrogens with one attached hydrogen (secondary N) is 1. The summed E-state index contributed by atoms with van der Waals surface area (Å²) in [7, 11) is 0. The standard InChI is InChI=1S/C13H9Cl2N3/c14-10-5-12(17)13(6-11(10)15)18-9-3-1-8(7-16)2-4-9/h1-6,18H,17H2. The fourth-order valence-electron chi connectivity index (χ4n) is 1.45. The van der Waals surface area contributed by atoms with Gasteiger partial charge in [0.1, 0.15) is 0 Å². The second kappa shape index (κ2) is 5.18. The highest BCUT2D eigenvalue weighted by atomic mass is 35.5. The van der Waals surface area contributed by atoms with Crippen molar-refractivity contribution < 1.29 is 0 Å². The molecule has 0 unspecified atom stereocenters. The van der Waals surface area contributed by atoms with Crippen molar-refractivity contribution in [1.29, 1.82) is 5.26 Å². The van der Waals surface area contributed by atoms with Gasteiger partial charge >= 0.3 is 0 Å². The largest absolute Gasteiger partial charge is 0.397 e. The minimum atomic E-state index is 0.416. The molecule has 2 aromatic carbocycles. The smallest absolute Gasteiger partial charge is 0.0991 e. The fourth-order valence-corrected chi connectivity index (χ4v) is 1.79. The van der Waals surface area contributed by atoms with Crippen LogP contribution in [0, 0.1) is 11.3 Å². The van der Waals surface area contributed by atoms with Crippen LogP contribution in [0.5, 0.6) is 0 Å². The van der Waals surface area contributed by atoms with E-state index in [0.717, 1.165) is 5.69 Å². The number of halogens is 2. The lowest BCUT2D eigenvalue weighted by Gasteiger charge is -2.10. The molecule has 2 rings (SSSR count). The predicted molar refractivity (Wildman–Crippen MR) is 75.3 cm³/mol. The van der Waals surface area contributed by atoms with Crippen LogP contribution in [-0.4, -0.2) is 0 Å². The maximum absolute atomic E-state index is 8.71. The molecule has 0 saturated heterocycles. The van der Waals surface area contributed by atoms with Gasteiger partial charge in [-0.1, -0.05) is 23.2 Å². The van der Waals surface area contributed by atoms with E-state index in [-0.39, 0.29) is 0 Å². The van der Waals surface area contributed by atoms with Crippen LogP contribution in [0.1, 0.15) is 5.56 Å². The maximum Gasteiger partial charge on any atom is 0.0991 e. The molecule has 0 aliphatic carbocycles. The normalized spacial score (nSPS) is 9.83. The number of nitrogen functional groups attached to an aromatic ring is 1. The molecule has 0 bridgehead atoms. The van der Waals surface area contributed by atoms with Crippen molar-refractivity contribution in [2.24, 2.45) is 0 Å². The third kappa shape index (κ3) is 2.67. The number of hydrogen-bond acceptors (Lipinski definition) is 3. The summed E-state index contributed by atoms with van der Waals surface area (Å²) in [4.78, 5) is 0. The van der Waals surface area contributed by atoms with Crippen molar-refractivity contribution in [1.82, 2.24) is 0 Å².